The van der Waals surface area contributed by atoms with Crippen LogP contribution in [0, 0.1) is 12.8 Å². The van der Waals surface area contributed by atoms with Crippen LogP contribution in [0.4, 0.5) is 24.5 Å². The zero-order chi connectivity index (χ0) is 41.7. The predicted octanol–water partition coefficient (Wildman–Crippen LogP) is 5.98. The summed E-state index contributed by atoms with van der Waals surface area (Å²) in [5.41, 5.74) is 2.73. The molecule has 1 saturated carbocycles. The molecule has 312 valence electrons. The summed E-state index contributed by atoms with van der Waals surface area (Å²) in [6, 6.07) is 10.6. The number of methoxy groups -OCH3 is 1. The highest BCUT2D eigenvalue weighted by Gasteiger charge is 2.35. The highest BCUT2D eigenvalue weighted by molar-refractivity contribution is 6.05. The van der Waals surface area contributed by atoms with Gasteiger partial charge in [0.15, 0.2) is 0 Å². The van der Waals surface area contributed by atoms with Gasteiger partial charge in [0.05, 0.1) is 41.1 Å². The number of alkyl halides is 3. The van der Waals surface area contributed by atoms with E-state index in [0.29, 0.717) is 40.9 Å². The van der Waals surface area contributed by atoms with Crippen molar-refractivity contribution in [3.05, 3.63) is 76.1 Å². The average molecular weight is 816 g/mol. The third-order valence-electron chi connectivity index (χ3n) is 12.4. The van der Waals surface area contributed by atoms with E-state index in [-0.39, 0.29) is 29.8 Å². The number of pyridine rings is 1. The summed E-state index contributed by atoms with van der Waals surface area (Å²) < 4.78 is 50.3. The van der Waals surface area contributed by atoms with Gasteiger partial charge in [-0.1, -0.05) is 6.07 Å². The Balaban J connectivity index is 0.875. The summed E-state index contributed by atoms with van der Waals surface area (Å²) in [5, 5.41) is 10.7. The standard InChI is InChI=1S/C42H48F3N9O5/c1-24-18-33(38-34(19-24)54(41(58)51(38)3)32-12-13-37(55)48-40(32)57)52-16-14-27(15-17-52)50(2)22-25-8-10-28(11-9-25)53-23-26-20-31(35(59-4)21-30(26)49-53)47-39(56)29-6-5-7-36(46-29)42(43,44)45/h5-7,18-21,23,25,27-28,32H,8-17,22H2,1-4H3,(H,47,56)(H,48,55,57)/t25-,28-,32?. The number of halogens is 3. The van der Waals surface area contributed by atoms with Gasteiger partial charge in [0.25, 0.3) is 5.91 Å². The van der Waals surface area contributed by atoms with E-state index in [1.807, 2.05) is 23.9 Å². The fraction of sp³-hybridized carbons (Fsp3) is 0.476. The Morgan fingerprint density at radius 1 is 1.02 bits per heavy atom. The van der Waals surface area contributed by atoms with Crippen molar-refractivity contribution in [3.8, 4) is 5.75 Å². The van der Waals surface area contributed by atoms with E-state index >= 15 is 0 Å². The van der Waals surface area contributed by atoms with Gasteiger partial charge >= 0.3 is 11.9 Å². The molecule has 59 heavy (non-hydrogen) atoms. The van der Waals surface area contributed by atoms with Crippen molar-refractivity contribution in [1.29, 1.82) is 0 Å². The van der Waals surface area contributed by atoms with Gasteiger partial charge in [0.2, 0.25) is 11.8 Å². The van der Waals surface area contributed by atoms with Crippen molar-refractivity contribution in [3.63, 3.8) is 0 Å². The van der Waals surface area contributed by atoms with E-state index < -0.39 is 29.7 Å². The molecule has 2 aromatic carbocycles. The maximum absolute atomic E-state index is 13.6. The zero-order valence-corrected chi connectivity index (χ0v) is 33.5. The van der Waals surface area contributed by atoms with Gasteiger partial charge in [-0.3, -0.25) is 33.5 Å². The minimum Gasteiger partial charge on any atom is -0.494 e. The molecule has 17 heteroatoms. The SMILES string of the molecule is COc1cc2nn([C@H]3CC[C@H](CN(C)C4CCN(c5cc(C)cc6c5n(C)c(=O)n6C5CCC(=O)NC5=O)CC4)CC3)cc2cc1NC(=O)c1cccc(C(F)(F)F)n1. The number of amides is 3. The fourth-order valence-corrected chi connectivity index (χ4v) is 9.23. The summed E-state index contributed by atoms with van der Waals surface area (Å²) in [6.45, 7) is 4.67. The van der Waals surface area contributed by atoms with E-state index in [1.54, 1.807) is 28.3 Å². The molecule has 0 radical (unpaired) electrons. The second-order valence-electron chi connectivity index (χ2n) is 16.2. The summed E-state index contributed by atoms with van der Waals surface area (Å²) >= 11 is 0. The van der Waals surface area contributed by atoms with Crippen LogP contribution in [0.25, 0.3) is 21.9 Å². The number of piperidine rings is 2. The largest absolute Gasteiger partial charge is 0.494 e. The molecule has 5 heterocycles. The first-order valence-corrected chi connectivity index (χ1v) is 20.1. The topological polar surface area (TPSA) is 149 Å². The monoisotopic (exact) mass is 815 g/mol. The average Bonchev–Trinajstić information content (AvgIpc) is 3.74. The van der Waals surface area contributed by atoms with Gasteiger partial charge in [0, 0.05) is 56.8 Å². The van der Waals surface area contributed by atoms with Gasteiger partial charge in [-0.15, -0.1) is 0 Å². The zero-order valence-electron chi connectivity index (χ0n) is 33.5. The van der Waals surface area contributed by atoms with Crippen LogP contribution in [-0.4, -0.2) is 86.4 Å². The van der Waals surface area contributed by atoms with E-state index in [9.17, 15) is 32.3 Å². The van der Waals surface area contributed by atoms with Gasteiger partial charge in [0.1, 0.15) is 23.2 Å². The first-order chi connectivity index (χ1) is 28.2. The summed E-state index contributed by atoms with van der Waals surface area (Å²) in [5.74, 6) is -0.653. The molecule has 8 rings (SSSR count). The second kappa shape index (κ2) is 15.8. The van der Waals surface area contributed by atoms with Crippen LogP contribution in [0.2, 0.25) is 0 Å². The number of fused-ring (bicyclic) bond motifs is 2. The molecule has 2 N–H and O–H groups in total. The fourth-order valence-electron chi connectivity index (χ4n) is 9.23. The predicted molar refractivity (Wildman–Crippen MR) is 216 cm³/mol. The van der Waals surface area contributed by atoms with Crippen molar-refractivity contribution >= 4 is 51.0 Å². The molecule has 0 bridgehead atoms. The Hall–Kier alpha value is -5.71. The number of aryl methyl sites for hydroxylation is 2. The highest BCUT2D eigenvalue weighted by atomic mass is 19.4. The number of carbonyl (C=O) groups excluding carboxylic acids is 3. The number of ether oxygens (including phenoxy) is 1. The maximum Gasteiger partial charge on any atom is 0.433 e. The Bertz CT molecular complexity index is 2490. The van der Waals surface area contributed by atoms with Gasteiger partial charge in [-0.25, -0.2) is 9.78 Å². The summed E-state index contributed by atoms with van der Waals surface area (Å²) in [6.07, 6.45) is 3.76. The molecule has 0 spiro atoms. The van der Waals surface area contributed by atoms with Crippen LogP contribution in [0.15, 0.2) is 53.5 Å². The van der Waals surface area contributed by atoms with Crippen LogP contribution in [-0.2, 0) is 22.8 Å². The lowest BCUT2D eigenvalue weighted by Gasteiger charge is -2.40. The van der Waals surface area contributed by atoms with E-state index in [4.69, 9.17) is 9.84 Å². The number of hydrogen-bond acceptors (Lipinski definition) is 9. The van der Waals surface area contributed by atoms with Crippen LogP contribution in [0.3, 0.4) is 0 Å². The number of anilines is 2. The van der Waals surface area contributed by atoms with Gasteiger partial charge in [-0.05, 0) is 101 Å². The Kier molecular flexibility index (Phi) is 10.7. The number of carbonyl (C=O) groups is 3. The van der Waals surface area contributed by atoms with Gasteiger partial charge in [-0.2, -0.15) is 18.3 Å². The lowest BCUT2D eigenvalue weighted by atomic mass is 9.85. The van der Waals surface area contributed by atoms with Crippen molar-refractivity contribution in [1.82, 2.24) is 34.1 Å². The first-order valence-electron chi connectivity index (χ1n) is 20.1. The molecule has 1 unspecified atom stereocenters. The number of aromatic nitrogens is 5. The minimum atomic E-state index is -4.67. The molecular weight excluding hydrogens is 768 g/mol. The van der Waals surface area contributed by atoms with Crippen LogP contribution in [0.1, 0.15) is 85.2 Å². The molecule has 2 aliphatic heterocycles. The van der Waals surface area contributed by atoms with Crippen LogP contribution < -0.4 is 26.0 Å². The molecule has 1 aliphatic carbocycles. The first kappa shape index (κ1) is 40.1. The third-order valence-corrected chi connectivity index (χ3v) is 12.4. The van der Waals surface area contributed by atoms with E-state index in [2.05, 4.69) is 38.5 Å². The van der Waals surface area contributed by atoms with Crippen molar-refractivity contribution in [2.24, 2.45) is 13.0 Å². The van der Waals surface area contributed by atoms with E-state index in [1.165, 1.54) is 13.2 Å². The highest BCUT2D eigenvalue weighted by Crippen LogP contribution is 2.37. The Labute approximate surface area is 338 Å². The normalized spacial score (nSPS) is 20.7. The Morgan fingerprint density at radius 3 is 2.46 bits per heavy atom. The lowest BCUT2D eigenvalue weighted by Crippen LogP contribution is -2.45. The molecule has 2 saturated heterocycles. The molecule has 3 amide bonds. The summed E-state index contributed by atoms with van der Waals surface area (Å²) in [4.78, 5) is 59.5. The molecular formula is C42H48F3N9O5. The lowest BCUT2D eigenvalue weighted by molar-refractivity contribution is -0.141. The van der Waals surface area contributed by atoms with Crippen LogP contribution in [0.5, 0.6) is 5.75 Å². The number of nitrogens with zero attached hydrogens (tertiary/aromatic N) is 7. The van der Waals surface area contributed by atoms with Crippen molar-refractivity contribution < 1.29 is 32.3 Å². The number of imidazole rings is 1. The molecule has 3 fully saturated rings. The molecule has 1 atom stereocenters. The minimum absolute atomic E-state index is 0.196. The van der Waals surface area contributed by atoms with Crippen molar-refractivity contribution in [2.45, 2.75) is 82.6 Å². The molecule has 14 nitrogen and oxygen atoms in total. The number of benzene rings is 2. The third kappa shape index (κ3) is 7.91. The van der Waals surface area contributed by atoms with Crippen LogP contribution >= 0.6 is 0 Å². The number of hydrogen-bond donors (Lipinski definition) is 2. The smallest absolute Gasteiger partial charge is 0.433 e. The summed E-state index contributed by atoms with van der Waals surface area (Å²) in [7, 11) is 5.42. The molecule has 3 aromatic heterocycles. The van der Waals surface area contributed by atoms with E-state index in [0.717, 1.165) is 92.4 Å². The molecule has 3 aliphatic rings. The number of imide groups is 1. The van der Waals surface area contributed by atoms with Crippen molar-refractivity contribution in [2.75, 3.05) is 44.0 Å². The number of rotatable bonds is 9. The quantitative estimate of drug-likeness (QED) is 0.172. The maximum atomic E-state index is 13.6. The second-order valence-corrected chi connectivity index (χ2v) is 16.2. The molecule has 5 aromatic rings. The Morgan fingerprint density at radius 2 is 1.76 bits per heavy atom. The number of nitrogens with one attached hydrogen (secondary N) is 2. The van der Waals surface area contributed by atoms with Gasteiger partial charge < -0.3 is 19.9 Å².